The normalized spacial score (nSPS) is 10.7. The van der Waals surface area contributed by atoms with Crippen LogP contribution in [0.25, 0.3) is 0 Å². The highest BCUT2D eigenvalue weighted by atomic mass is 28.2. The molecule has 1 rings (SSSR count). The van der Waals surface area contributed by atoms with Crippen LogP contribution < -0.4 is 0 Å². The minimum atomic E-state index is -0.976. The molecule has 0 spiro atoms. The van der Waals surface area contributed by atoms with Gasteiger partial charge in [0, 0.05) is 0 Å². The second-order valence-corrected chi connectivity index (χ2v) is 7.40. The molecule has 0 bridgehead atoms. The molecule has 1 aromatic carbocycles. The molecule has 1 aromatic rings. The first-order chi connectivity index (χ1) is 10.4. The number of hydrogen-bond acceptors (Lipinski definition) is 4. The summed E-state index contributed by atoms with van der Waals surface area (Å²) >= 11 is 0. The van der Waals surface area contributed by atoms with Crippen molar-refractivity contribution >= 4 is 31.5 Å². The molecule has 118 valence electrons. The van der Waals surface area contributed by atoms with Gasteiger partial charge in [-0.3, -0.25) is 0 Å². The van der Waals surface area contributed by atoms with Gasteiger partial charge >= 0.3 is 11.9 Å². The summed E-state index contributed by atoms with van der Waals surface area (Å²) in [5.41, 5.74) is 7.14. The molecule has 0 fully saturated rings. The van der Waals surface area contributed by atoms with Gasteiger partial charge in [0.1, 0.15) is 0 Å². The lowest BCUT2D eigenvalue weighted by Crippen LogP contribution is -2.10. The van der Waals surface area contributed by atoms with Crippen molar-refractivity contribution in [1.82, 2.24) is 0 Å². The molecule has 0 heterocycles. The third kappa shape index (κ3) is 6.69. The molecule has 0 N–H and O–H groups in total. The van der Waals surface area contributed by atoms with Crippen molar-refractivity contribution < 1.29 is 18.4 Å². The van der Waals surface area contributed by atoms with E-state index >= 15 is 0 Å². The number of carbonyl (C=O) groups excluding carboxylic acids is 2. The summed E-state index contributed by atoms with van der Waals surface area (Å²) in [6.45, 7) is 7.89. The van der Waals surface area contributed by atoms with Crippen LogP contribution in [0.3, 0.4) is 0 Å². The third-order valence-corrected chi connectivity index (χ3v) is 5.59. The Morgan fingerprint density at radius 2 is 1.09 bits per heavy atom. The van der Waals surface area contributed by atoms with E-state index in [9.17, 15) is 9.59 Å². The van der Waals surface area contributed by atoms with Gasteiger partial charge in [-0.2, -0.15) is 0 Å². The quantitative estimate of drug-likeness (QED) is 0.747. The van der Waals surface area contributed by atoms with Crippen molar-refractivity contribution in [2.45, 2.75) is 27.7 Å². The molecule has 0 unspecified atom stereocenters. The number of carbonyl (C=O) groups is 2. The standard InChI is InChI=1S/C16H22O4Si2/c1-11(2)9-21-19-15(17)13-5-7-14(8-6-13)16(18)20-22-10-12(3)4/h5-10H,21-22H2,1-4H3. The Kier molecular flexibility index (Phi) is 7.55. The van der Waals surface area contributed by atoms with Gasteiger partial charge < -0.3 is 8.85 Å². The molecule has 22 heavy (non-hydrogen) atoms. The van der Waals surface area contributed by atoms with E-state index in [1.54, 1.807) is 24.3 Å². The highest BCUT2D eigenvalue weighted by Crippen LogP contribution is 2.07. The number of rotatable bonds is 6. The van der Waals surface area contributed by atoms with E-state index in [1.165, 1.54) is 0 Å². The average Bonchev–Trinajstić information content (AvgIpc) is 2.46. The molecule has 6 heteroatoms. The Hall–Kier alpha value is -1.93. The monoisotopic (exact) mass is 334 g/mol. The Morgan fingerprint density at radius 1 is 0.773 bits per heavy atom. The lowest BCUT2D eigenvalue weighted by Gasteiger charge is -2.05. The Labute approximate surface area is 136 Å². The van der Waals surface area contributed by atoms with Crippen molar-refractivity contribution in [3.63, 3.8) is 0 Å². The Morgan fingerprint density at radius 3 is 1.36 bits per heavy atom. The largest absolute Gasteiger partial charge is 0.518 e. The van der Waals surface area contributed by atoms with Crippen molar-refractivity contribution in [3.05, 3.63) is 57.9 Å². The van der Waals surface area contributed by atoms with Crippen LogP contribution in [0, 0.1) is 0 Å². The minimum Gasteiger partial charge on any atom is -0.518 e. The van der Waals surface area contributed by atoms with Crippen LogP contribution in [0.2, 0.25) is 0 Å². The van der Waals surface area contributed by atoms with Crippen molar-refractivity contribution in [2.24, 2.45) is 0 Å². The first kappa shape index (κ1) is 18.1. The molecule has 0 aliphatic heterocycles. The molecular weight excluding hydrogens is 312 g/mol. The smallest absolute Gasteiger partial charge is 0.324 e. The van der Waals surface area contributed by atoms with Crippen molar-refractivity contribution in [2.75, 3.05) is 0 Å². The Bertz CT molecular complexity index is 528. The van der Waals surface area contributed by atoms with Gasteiger partial charge in [0.05, 0.1) is 11.1 Å². The SMILES string of the molecule is CC(C)=C[SiH2]OC(=O)c1ccc(C(=O)O[SiH2]C=C(C)C)cc1. The maximum Gasteiger partial charge on any atom is 0.324 e. The van der Waals surface area contributed by atoms with E-state index in [0.717, 1.165) is 11.1 Å². The molecule has 0 saturated heterocycles. The fraction of sp³-hybridized carbons (Fsp3) is 0.250. The zero-order valence-corrected chi connectivity index (χ0v) is 16.3. The van der Waals surface area contributed by atoms with E-state index in [4.69, 9.17) is 8.85 Å². The fourth-order valence-electron chi connectivity index (χ4n) is 1.48. The lowest BCUT2D eigenvalue weighted by atomic mass is 10.1. The van der Waals surface area contributed by atoms with Crippen LogP contribution in [-0.2, 0) is 8.85 Å². The van der Waals surface area contributed by atoms with Crippen LogP contribution in [0.5, 0.6) is 0 Å². The first-order valence-corrected chi connectivity index (χ1v) is 9.90. The molecule has 0 atom stereocenters. The number of allylic oxidation sites excluding steroid dienone is 2. The predicted molar refractivity (Wildman–Crippen MR) is 93.2 cm³/mol. The zero-order chi connectivity index (χ0) is 16.5. The van der Waals surface area contributed by atoms with Crippen molar-refractivity contribution in [1.29, 1.82) is 0 Å². The fourth-order valence-corrected chi connectivity index (χ4v) is 2.95. The predicted octanol–water partition coefficient (Wildman–Crippen LogP) is 2.02. The van der Waals surface area contributed by atoms with Gasteiger partial charge in [-0.25, -0.2) is 9.59 Å². The minimum absolute atomic E-state index is 0.344. The molecule has 0 aliphatic carbocycles. The summed E-state index contributed by atoms with van der Waals surface area (Å²) in [6.07, 6.45) is 0. The average molecular weight is 335 g/mol. The summed E-state index contributed by atoms with van der Waals surface area (Å²) in [6, 6.07) is 6.38. The second-order valence-electron chi connectivity index (χ2n) is 5.34. The van der Waals surface area contributed by atoms with Crippen LogP contribution >= 0.6 is 0 Å². The summed E-state index contributed by atoms with van der Waals surface area (Å²) in [5.74, 6) is -0.689. The second kappa shape index (κ2) is 9.16. The molecule has 0 amide bonds. The summed E-state index contributed by atoms with van der Waals surface area (Å²) in [5, 5.41) is 0. The molecule has 0 aliphatic rings. The Balaban J connectivity index is 2.58. The van der Waals surface area contributed by atoms with Gasteiger partial charge in [-0.15, -0.1) is 0 Å². The number of hydrogen-bond donors (Lipinski definition) is 0. The lowest BCUT2D eigenvalue weighted by molar-refractivity contribution is 0.0729. The highest BCUT2D eigenvalue weighted by Gasteiger charge is 2.09. The summed E-state index contributed by atoms with van der Waals surface area (Å²) in [4.78, 5) is 23.6. The molecule has 0 saturated carbocycles. The van der Waals surface area contributed by atoms with Crippen LogP contribution in [-0.4, -0.2) is 31.5 Å². The van der Waals surface area contributed by atoms with E-state index in [1.807, 2.05) is 39.1 Å². The third-order valence-electron chi connectivity index (χ3n) is 2.77. The van der Waals surface area contributed by atoms with E-state index in [0.29, 0.717) is 11.1 Å². The van der Waals surface area contributed by atoms with Crippen LogP contribution in [0.15, 0.2) is 46.8 Å². The highest BCUT2D eigenvalue weighted by molar-refractivity contribution is 6.38. The van der Waals surface area contributed by atoms with E-state index < -0.39 is 19.5 Å². The van der Waals surface area contributed by atoms with Gasteiger partial charge in [0.15, 0.2) is 0 Å². The van der Waals surface area contributed by atoms with Crippen LogP contribution in [0.1, 0.15) is 48.4 Å². The van der Waals surface area contributed by atoms with Gasteiger partial charge in [0.25, 0.3) is 0 Å². The van der Waals surface area contributed by atoms with Gasteiger partial charge in [0.2, 0.25) is 19.5 Å². The summed E-state index contributed by atoms with van der Waals surface area (Å²) in [7, 11) is -1.95. The first-order valence-electron chi connectivity index (χ1n) is 7.11. The molecular formula is C16H22O4Si2. The van der Waals surface area contributed by atoms with E-state index in [2.05, 4.69) is 0 Å². The zero-order valence-electron chi connectivity index (χ0n) is 13.5. The topological polar surface area (TPSA) is 52.6 Å². The van der Waals surface area contributed by atoms with Crippen LogP contribution in [0.4, 0.5) is 0 Å². The number of benzene rings is 1. The van der Waals surface area contributed by atoms with Gasteiger partial charge in [-0.1, -0.05) is 22.5 Å². The molecule has 0 aromatic heterocycles. The van der Waals surface area contributed by atoms with Crippen molar-refractivity contribution in [3.8, 4) is 0 Å². The maximum absolute atomic E-state index is 11.8. The maximum atomic E-state index is 11.8. The summed E-state index contributed by atoms with van der Waals surface area (Å²) < 4.78 is 10.5. The molecule has 4 nitrogen and oxygen atoms in total. The van der Waals surface area contributed by atoms with E-state index in [-0.39, 0.29) is 11.9 Å². The van der Waals surface area contributed by atoms with Gasteiger partial charge in [-0.05, 0) is 52.0 Å². The molecule has 0 radical (unpaired) electrons.